The Morgan fingerprint density at radius 2 is 2.16 bits per heavy atom. The zero-order valence-electron chi connectivity index (χ0n) is 11.8. The number of fused-ring (bicyclic) bond motifs is 1. The van der Waals surface area contributed by atoms with Gasteiger partial charge in [-0.25, -0.2) is 4.98 Å². The molecule has 1 aromatic heterocycles. The van der Waals surface area contributed by atoms with Crippen molar-refractivity contribution in [2.45, 2.75) is 39.2 Å². The Hall–Kier alpha value is -1.19. The zero-order valence-corrected chi connectivity index (χ0v) is 12.6. The summed E-state index contributed by atoms with van der Waals surface area (Å²) < 4.78 is 0. The van der Waals surface area contributed by atoms with Gasteiger partial charge in [-0.2, -0.15) is 0 Å². The quantitative estimate of drug-likeness (QED) is 0.893. The van der Waals surface area contributed by atoms with E-state index in [1.165, 1.54) is 51.5 Å². The number of benzene rings is 1. The fraction of sp³-hybridized carbons (Fsp3) is 0.438. The fourth-order valence-electron chi connectivity index (χ4n) is 2.80. The van der Waals surface area contributed by atoms with Crippen molar-refractivity contribution in [2.24, 2.45) is 0 Å². The van der Waals surface area contributed by atoms with Gasteiger partial charge in [-0.3, -0.25) is 0 Å². The lowest BCUT2D eigenvalue weighted by Gasteiger charge is -2.19. The second-order valence-electron chi connectivity index (χ2n) is 5.31. The molecule has 0 saturated heterocycles. The SMILES string of the molecule is CNC1CCCc2sc(-c3cccc(C)c3C)nc21. The van der Waals surface area contributed by atoms with Crippen LogP contribution in [0.25, 0.3) is 10.6 Å². The summed E-state index contributed by atoms with van der Waals surface area (Å²) in [5.74, 6) is 0. The lowest BCUT2D eigenvalue weighted by Crippen LogP contribution is -2.21. The highest BCUT2D eigenvalue weighted by molar-refractivity contribution is 7.15. The van der Waals surface area contributed by atoms with Crippen LogP contribution in [0.5, 0.6) is 0 Å². The van der Waals surface area contributed by atoms with Crippen molar-refractivity contribution < 1.29 is 0 Å². The zero-order chi connectivity index (χ0) is 13.4. The van der Waals surface area contributed by atoms with E-state index >= 15 is 0 Å². The van der Waals surface area contributed by atoms with Crippen LogP contribution in [0.3, 0.4) is 0 Å². The molecule has 1 aromatic carbocycles. The van der Waals surface area contributed by atoms with Crippen LogP contribution >= 0.6 is 11.3 Å². The van der Waals surface area contributed by atoms with Crippen LogP contribution in [-0.4, -0.2) is 12.0 Å². The highest BCUT2D eigenvalue weighted by atomic mass is 32.1. The lowest BCUT2D eigenvalue weighted by atomic mass is 9.98. The molecule has 1 aliphatic rings. The van der Waals surface area contributed by atoms with E-state index in [1.54, 1.807) is 0 Å². The first-order valence-electron chi connectivity index (χ1n) is 6.94. The molecule has 1 N–H and O–H groups in total. The van der Waals surface area contributed by atoms with Gasteiger partial charge in [0, 0.05) is 10.4 Å². The number of aromatic nitrogens is 1. The summed E-state index contributed by atoms with van der Waals surface area (Å²) >= 11 is 1.88. The number of nitrogens with zero attached hydrogens (tertiary/aromatic N) is 1. The van der Waals surface area contributed by atoms with Gasteiger partial charge >= 0.3 is 0 Å². The van der Waals surface area contributed by atoms with Crippen molar-refractivity contribution in [1.82, 2.24) is 10.3 Å². The minimum Gasteiger partial charge on any atom is -0.312 e. The third kappa shape index (κ3) is 2.21. The Balaban J connectivity index is 2.07. The normalized spacial score (nSPS) is 18.4. The number of rotatable bonds is 2. The van der Waals surface area contributed by atoms with E-state index in [0.717, 1.165) is 0 Å². The van der Waals surface area contributed by atoms with Crippen molar-refractivity contribution in [1.29, 1.82) is 0 Å². The predicted molar refractivity (Wildman–Crippen MR) is 81.8 cm³/mol. The molecule has 0 amide bonds. The fourth-order valence-corrected chi connectivity index (χ4v) is 4.04. The van der Waals surface area contributed by atoms with Gasteiger partial charge in [0.15, 0.2) is 0 Å². The van der Waals surface area contributed by atoms with Crippen molar-refractivity contribution in [3.63, 3.8) is 0 Å². The Labute approximate surface area is 118 Å². The number of nitrogens with one attached hydrogen (secondary N) is 1. The minimum absolute atomic E-state index is 0.443. The van der Waals surface area contributed by atoms with Crippen LogP contribution in [-0.2, 0) is 6.42 Å². The number of aryl methyl sites for hydroxylation is 2. The van der Waals surface area contributed by atoms with E-state index < -0.39 is 0 Å². The molecule has 100 valence electrons. The second kappa shape index (κ2) is 5.06. The topological polar surface area (TPSA) is 24.9 Å². The molecule has 1 unspecified atom stereocenters. The molecule has 0 aliphatic heterocycles. The molecular weight excluding hydrogens is 252 g/mol. The highest BCUT2D eigenvalue weighted by Gasteiger charge is 2.24. The Kier molecular flexibility index (Phi) is 3.42. The molecule has 0 spiro atoms. The number of hydrogen-bond donors (Lipinski definition) is 1. The maximum atomic E-state index is 4.93. The van der Waals surface area contributed by atoms with Crippen LogP contribution in [0, 0.1) is 13.8 Å². The molecule has 0 fully saturated rings. The van der Waals surface area contributed by atoms with Crippen molar-refractivity contribution in [3.8, 4) is 10.6 Å². The van der Waals surface area contributed by atoms with Gasteiger partial charge in [0.05, 0.1) is 11.7 Å². The summed E-state index contributed by atoms with van der Waals surface area (Å²) in [6.07, 6.45) is 3.67. The lowest BCUT2D eigenvalue weighted by molar-refractivity contribution is 0.490. The van der Waals surface area contributed by atoms with E-state index in [1.807, 2.05) is 18.4 Å². The summed E-state index contributed by atoms with van der Waals surface area (Å²) in [4.78, 5) is 6.40. The van der Waals surface area contributed by atoms with Crippen molar-refractivity contribution in [3.05, 3.63) is 39.9 Å². The molecule has 3 rings (SSSR count). The van der Waals surface area contributed by atoms with Gasteiger partial charge in [0.2, 0.25) is 0 Å². The molecular formula is C16H20N2S. The average Bonchev–Trinajstić information content (AvgIpc) is 2.85. The Morgan fingerprint density at radius 3 is 2.95 bits per heavy atom. The Morgan fingerprint density at radius 1 is 1.32 bits per heavy atom. The summed E-state index contributed by atoms with van der Waals surface area (Å²) in [6.45, 7) is 4.36. The average molecular weight is 272 g/mol. The molecule has 0 saturated carbocycles. The monoisotopic (exact) mass is 272 g/mol. The largest absolute Gasteiger partial charge is 0.312 e. The standard InChI is InChI=1S/C16H20N2S/c1-10-6-4-7-12(11(10)2)16-18-15-13(17-3)8-5-9-14(15)19-16/h4,6-7,13,17H,5,8-9H2,1-3H3. The third-order valence-corrected chi connectivity index (χ3v) is 5.30. The molecule has 3 heteroatoms. The van der Waals surface area contributed by atoms with Crippen LogP contribution in [0.2, 0.25) is 0 Å². The first kappa shape index (κ1) is 12.8. The summed E-state index contributed by atoms with van der Waals surface area (Å²) in [7, 11) is 2.04. The molecule has 1 atom stereocenters. The van der Waals surface area contributed by atoms with E-state index in [-0.39, 0.29) is 0 Å². The van der Waals surface area contributed by atoms with E-state index in [2.05, 4.69) is 37.4 Å². The van der Waals surface area contributed by atoms with Crippen molar-refractivity contribution >= 4 is 11.3 Å². The van der Waals surface area contributed by atoms with Gasteiger partial charge in [-0.15, -0.1) is 11.3 Å². The van der Waals surface area contributed by atoms with Crippen molar-refractivity contribution in [2.75, 3.05) is 7.05 Å². The molecule has 1 aliphatic carbocycles. The van der Waals surface area contributed by atoms with Crippen LogP contribution in [0.15, 0.2) is 18.2 Å². The van der Waals surface area contributed by atoms with E-state index in [9.17, 15) is 0 Å². The van der Waals surface area contributed by atoms with Crippen LogP contribution in [0.4, 0.5) is 0 Å². The molecule has 19 heavy (non-hydrogen) atoms. The van der Waals surface area contributed by atoms with Crippen LogP contribution < -0.4 is 5.32 Å². The van der Waals surface area contributed by atoms with E-state index in [0.29, 0.717) is 6.04 Å². The third-order valence-electron chi connectivity index (χ3n) is 4.14. The smallest absolute Gasteiger partial charge is 0.124 e. The Bertz CT molecular complexity index is 601. The summed E-state index contributed by atoms with van der Waals surface area (Å²) in [5.41, 5.74) is 5.29. The van der Waals surface area contributed by atoms with Gasteiger partial charge in [0.25, 0.3) is 0 Å². The van der Waals surface area contributed by atoms with Gasteiger partial charge in [-0.1, -0.05) is 18.2 Å². The first-order chi connectivity index (χ1) is 9.20. The summed E-state index contributed by atoms with van der Waals surface area (Å²) in [6, 6.07) is 6.94. The maximum Gasteiger partial charge on any atom is 0.124 e. The summed E-state index contributed by atoms with van der Waals surface area (Å²) in [5, 5.41) is 4.58. The molecule has 0 bridgehead atoms. The first-order valence-corrected chi connectivity index (χ1v) is 7.76. The van der Waals surface area contributed by atoms with Gasteiger partial charge < -0.3 is 5.32 Å². The molecule has 2 aromatic rings. The minimum atomic E-state index is 0.443. The molecule has 2 nitrogen and oxygen atoms in total. The van der Waals surface area contributed by atoms with Gasteiger partial charge in [0.1, 0.15) is 5.01 Å². The second-order valence-corrected chi connectivity index (χ2v) is 6.39. The molecule has 1 heterocycles. The maximum absolute atomic E-state index is 4.93. The number of thiazole rings is 1. The van der Waals surface area contributed by atoms with Gasteiger partial charge in [-0.05, 0) is 51.3 Å². The number of hydrogen-bond acceptors (Lipinski definition) is 3. The highest BCUT2D eigenvalue weighted by Crippen LogP contribution is 2.38. The molecule has 0 radical (unpaired) electrons. The van der Waals surface area contributed by atoms with Crippen LogP contribution in [0.1, 0.15) is 40.6 Å². The van der Waals surface area contributed by atoms with E-state index in [4.69, 9.17) is 4.98 Å². The predicted octanol–water partition coefficient (Wildman–Crippen LogP) is 4.02.